The quantitative estimate of drug-likeness (QED) is 0.530. The molecule has 1 saturated carbocycles. The SMILES string of the molecule is Nc1ccc(-c2nnc(SCC3CC3(Cl)Cl)o2)cc1. The van der Waals surface area contributed by atoms with Gasteiger partial charge in [-0.1, -0.05) is 11.8 Å². The molecule has 19 heavy (non-hydrogen) atoms. The molecule has 1 fully saturated rings. The number of nitrogens with two attached hydrogens (primary N) is 1. The molecule has 1 heterocycles. The number of anilines is 1. The number of nitrogen functional groups attached to an aromatic ring is 1. The third-order valence-corrected chi connectivity index (χ3v) is 4.83. The van der Waals surface area contributed by atoms with Crippen molar-refractivity contribution in [3.63, 3.8) is 0 Å². The first-order valence-electron chi connectivity index (χ1n) is 5.74. The fourth-order valence-corrected chi connectivity index (χ4v) is 3.33. The van der Waals surface area contributed by atoms with Crippen molar-refractivity contribution < 1.29 is 4.42 Å². The minimum Gasteiger partial charge on any atom is -0.411 e. The number of rotatable bonds is 4. The van der Waals surface area contributed by atoms with Crippen LogP contribution in [0.1, 0.15) is 6.42 Å². The van der Waals surface area contributed by atoms with E-state index in [9.17, 15) is 0 Å². The van der Waals surface area contributed by atoms with E-state index in [0.717, 1.165) is 17.7 Å². The van der Waals surface area contributed by atoms with E-state index >= 15 is 0 Å². The van der Waals surface area contributed by atoms with E-state index in [1.807, 2.05) is 12.1 Å². The van der Waals surface area contributed by atoms with E-state index in [0.29, 0.717) is 22.7 Å². The number of aromatic nitrogens is 2. The van der Waals surface area contributed by atoms with Crippen LogP contribution in [0.2, 0.25) is 0 Å². The molecule has 1 aliphatic carbocycles. The number of hydrogen-bond donors (Lipinski definition) is 1. The third kappa shape index (κ3) is 2.99. The van der Waals surface area contributed by atoms with Crippen molar-refractivity contribution in [2.75, 3.05) is 11.5 Å². The van der Waals surface area contributed by atoms with E-state index in [1.165, 1.54) is 11.8 Å². The summed E-state index contributed by atoms with van der Waals surface area (Å²) in [6.45, 7) is 0. The highest BCUT2D eigenvalue weighted by atomic mass is 35.5. The van der Waals surface area contributed by atoms with Crippen LogP contribution in [0.25, 0.3) is 11.5 Å². The van der Waals surface area contributed by atoms with Crippen molar-refractivity contribution in [3.05, 3.63) is 24.3 Å². The molecule has 0 saturated heterocycles. The van der Waals surface area contributed by atoms with Gasteiger partial charge in [0, 0.05) is 22.9 Å². The van der Waals surface area contributed by atoms with E-state index < -0.39 is 4.33 Å². The fourth-order valence-electron chi connectivity index (χ4n) is 1.63. The summed E-state index contributed by atoms with van der Waals surface area (Å²) in [5.74, 6) is 1.57. The summed E-state index contributed by atoms with van der Waals surface area (Å²) < 4.78 is 5.01. The van der Waals surface area contributed by atoms with E-state index in [1.54, 1.807) is 12.1 Å². The van der Waals surface area contributed by atoms with Crippen LogP contribution < -0.4 is 5.73 Å². The summed E-state index contributed by atoms with van der Waals surface area (Å²) in [6.07, 6.45) is 0.821. The summed E-state index contributed by atoms with van der Waals surface area (Å²) in [7, 11) is 0. The lowest BCUT2D eigenvalue weighted by Crippen LogP contribution is -1.92. The smallest absolute Gasteiger partial charge is 0.276 e. The molecule has 3 rings (SSSR count). The molecule has 0 radical (unpaired) electrons. The molecular formula is C12H11Cl2N3OS. The Bertz CT molecular complexity index is 585. The molecular weight excluding hydrogens is 305 g/mol. The van der Waals surface area contributed by atoms with Crippen LogP contribution in [-0.2, 0) is 0 Å². The van der Waals surface area contributed by atoms with Gasteiger partial charge >= 0.3 is 0 Å². The molecule has 0 amide bonds. The standard InChI is InChI=1S/C12H11Cl2N3OS/c13-12(14)5-8(12)6-19-11-17-16-10(18-11)7-1-3-9(15)4-2-7/h1-4,8H,5-6,15H2. The minimum atomic E-state index is -0.563. The summed E-state index contributed by atoms with van der Waals surface area (Å²) in [5.41, 5.74) is 7.18. The first kappa shape index (κ1) is 13.1. The second-order valence-electron chi connectivity index (χ2n) is 4.47. The molecule has 1 aromatic carbocycles. The Labute approximate surface area is 124 Å². The molecule has 2 N–H and O–H groups in total. The molecule has 2 aromatic rings. The van der Waals surface area contributed by atoms with E-state index in [-0.39, 0.29) is 0 Å². The Kier molecular flexibility index (Phi) is 3.37. The zero-order chi connectivity index (χ0) is 13.5. The number of nitrogens with zero attached hydrogens (tertiary/aromatic N) is 2. The minimum absolute atomic E-state index is 0.299. The van der Waals surface area contributed by atoms with Crippen molar-refractivity contribution in [2.45, 2.75) is 16.0 Å². The number of halogens is 2. The van der Waals surface area contributed by atoms with Gasteiger partial charge in [0.25, 0.3) is 5.22 Å². The van der Waals surface area contributed by atoms with Gasteiger partial charge in [-0.05, 0) is 30.7 Å². The number of thioether (sulfide) groups is 1. The Hall–Kier alpha value is -0.910. The van der Waals surface area contributed by atoms with Gasteiger partial charge in [-0.15, -0.1) is 33.4 Å². The van der Waals surface area contributed by atoms with Crippen molar-refractivity contribution in [2.24, 2.45) is 5.92 Å². The molecule has 1 atom stereocenters. The van der Waals surface area contributed by atoms with Crippen molar-refractivity contribution in [3.8, 4) is 11.5 Å². The predicted molar refractivity (Wildman–Crippen MR) is 77.4 cm³/mol. The van der Waals surface area contributed by atoms with Gasteiger partial charge in [0.05, 0.1) is 0 Å². The van der Waals surface area contributed by atoms with Crippen LogP contribution >= 0.6 is 35.0 Å². The van der Waals surface area contributed by atoms with Gasteiger partial charge in [0.15, 0.2) is 0 Å². The zero-order valence-corrected chi connectivity index (χ0v) is 12.2. The van der Waals surface area contributed by atoms with Crippen LogP contribution in [0, 0.1) is 5.92 Å². The molecule has 0 aliphatic heterocycles. The van der Waals surface area contributed by atoms with Crippen LogP contribution in [0.4, 0.5) is 5.69 Å². The monoisotopic (exact) mass is 315 g/mol. The lowest BCUT2D eigenvalue weighted by atomic mass is 10.2. The predicted octanol–water partition coefficient (Wildman–Crippen LogP) is 3.60. The van der Waals surface area contributed by atoms with Gasteiger partial charge in [-0.3, -0.25) is 0 Å². The van der Waals surface area contributed by atoms with Crippen LogP contribution in [0.3, 0.4) is 0 Å². The fraction of sp³-hybridized carbons (Fsp3) is 0.333. The van der Waals surface area contributed by atoms with Gasteiger partial charge in [0.2, 0.25) is 5.89 Å². The Morgan fingerprint density at radius 1 is 1.32 bits per heavy atom. The second kappa shape index (κ2) is 4.89. The lowest BCUT2D eigenvalue weighted by molar-refractivity contribution is 0.465. The van der Waals surface area contributed by atoms with Crippen LogP contribution in [0.5, 0.6) is 0 Å². The lowest BCUT2D eigenvalue weighted by Gasteiger charge is -1.97. The number of hydrogen-bond acceptors (Lipinski definition) is 5. The highest BCUT2D eigenvalue weighted by molar-refractivity contribution is 7.99. The molecule has 0 spiro atoms. The van der Waals surface area contributed by atoms with E-state index in [4.69, 9.17) is 33.4 Å². The highest BCUT2D eigenvalue weighted by Gasteiger charge is 2.51. The largest absolute Gasteiger partial charge is 0.411 e. The van der Waals surface area contributed by atoms with Crippen LogP contribution in [-0.4, -0.2) is 20.3 Å². The topological polar surface area (TPSA) is 64.9 Å². The maximum atomic E-state index is 5.96. The Morgan fingerprint density at radius 3 is 2.63 bits per heavy atom. The van der Waals surface area contributed by atoms with Gasteiger partial charge in [-0.25, -0.2) is 0 Å². The average molecular weight is 316 g/mol. The molecule has 100 valence electrons. The maximum absolute atomic E-state index is 5.96. The summed E-state index contributed by atoms with van der Waals surface area (Å²) in [6, 6.07) is 7.29. The molecule has 1 aliphatic rings. The van der Waals surface area contributed by atoms with Crippen LogP contribution in [0.15, 0.2) is 33.9 Å². The van der Waals surface area contributed by atoms with Gasteiger partial charge < -0.3 is 10.2 Å². The first-order valence-corrected chi connectivity index (χ1v) is 7.49. The third-order valence-electron chi connectivity index (χ3n) is 2.93. The normalized spacial score (nSPS) is 20.4. The van der Waals surface area contributed by atoms with E-state index in [2.05, 4.69) is 10.2 Å². The molecule has 1 aromatic heterocycles. The first-order chi connectivity index (χ1) is 9.04. The average Bonchev–Trinajstić information content (AvgIpc) is 2.79. The highest BCUT2D eigenvalue weighted by Crippen LogP contribution is 2.54. The zero-order valence-electron chi connectivity index (χ0n) is 9.85. The molecule has 1 unspecified atom stereocenters. The second-order valence-corrected chi connectivity index (χ2v) is 6.98. The summed E-state index contributed by atoms with van der Waals surface area (Å²) in [5, 5.41) is 8.53. The van der Waals surface area contributed by atoms with Crippen molar-refractivity contribution >= 4 is 40.7 Å². The summed E-state index contributed by atoms with van der Waals surface area (Å²) in [4.78, 5) is 0. The molecule has 0 bridgehead atoms. The number of alkyl halides is 2. The summed E-state index contributed by atoms with van der Waals surface area (Å²) >= 11 is 13.4. The van der Waals surface area contributed by atoms with Crippen molar-refractivity contribution in [1.82, 2.24) is 10.2 Å². The Morgan fingerprint density at radius 2 is 2.00 bits per heavy atom. The Balaban J connectivity index is 1.64. The number of benzene rings is 1. The maximum Gasteiger partial charge on any atom is 0.276 e. The van der Waals surface area contributed by atoms with Gasteiger partial charge in [0.1, 0.15) is 4.33 Å². The molecule has 7 heteroatoms. The molecule has 4 nitrogen and oxygen atoms in total. The van der Waals surface area contributed by atoms with Gasteiger partial charge in [-0.2, -0.15) is 0 Å². The van der Waals surface area contributed by atoms with Crippen molar-refractivity contribution in [1.29, 1.82) is 0 Å².